The summed E-state index contributed by atoms with van der Waals surface area (Å²) >= 11 is 0. The van der Waals surface area contributed by atoms with Crippen LogP contribution >= 0.6 is 0 Å². The van der Waals surface area contributed by atoms with E-state index < -0.39 is 0 Å². The van der Waals surface area contributed by atoms with Crippen molar-refractivity contribution in [3.8, 4) is 0 Å². The molecule has 1 N–H and O–H groups in total. The number of rotatable bonds is 5. The Morgan fingerprint density at radius 3 is 2.71 bits per heavy atom. The first-order valence-electron chi connectivity index (χ1n) is 9.01. The lowest BCUT2D eigenvalue weighted by atomic mass is 9.88. The molecule has 1 aliphatic heterocycles. The number of carbonyl (C=O) groups is 1. The average Bonchev–Trinajstić information content (AvgIpc) is 2.98. The molecule has 24 heavy (non-hydrogen) atoms. The van der Waals surface area contributed by atoms with Crippen LogP contribution in [0.4, 0.5) is 0 Å². The molecule has 1 amide bonds. The van der Waals surface area contributed by atoms with Gasteiger partial charge in [0.25, 0.3) is 0 Å². The first-order valence-corrected chi connectivity index (χ1v) is 9.01. The molecule has 1 atom stereocenters. The van der Waals surface area contributed by atoms with Gasteiger partial charge in [-0.2, -0.15) is 0 Å². The van der Waals surface area contributed by atoms with E-state index in [0.29, 0.717) is 0 Å². The van der Waals surface area contributed by atoms with Crippen molar-refractivity contribution in [3.63, 3.8) is 0 Å². The normalized spacial score (nSPS) is 21.3. The zero-order chi connectivity index (χ0) is 17.2. The summed E-state index contributed by atoms with van der Waals surface area (Å²) in [4.78, 5) is 14.9. The molecule has 3 heteroatoms. The number of amides is 1. The third-order valence-electron chi connectivity index (χ3n) is 5.26. The Kier molecular flexibility index (Phi) is 4.91. The van der Waals surface area contributed by atoms with E-state index in [1.807, 2.05) is 0 Å². The summed E-state index contributed by atoms with van der Waals surface area (Å²) in [5, 5.41) is 5.74. The average molecular weight is 324 g/mol. The van der Waals surface area contributed by atoms with Gasteiger partial charge in [0.05, 0.1) is 5.41 Å². The zero-order valence-electron chi connectivity index (χ0n) is 15.1. The summed E-state index contributed by atoms with van der Waals surface area (Å²) in [7, 11) is 0. The Morgan fingerprint density at radius 2 is 1.96 bits per heavy atom. The van der Waals surface area contributed by atoms with E-state index in [9.17, 15) is 4.79 Å². The van der Waals surface area contributed by atoms with Gasteiger partial charge < -0.3 is 5.32 Å². The van der Waals surface area contributed by atoms with Crippen LogP contribution in [-0.2, 0) is 11.3 Å². The molecule has 0 bridgehead atoms. The molecule has 1 saturated heterocycles. The maximum atomic E-state index is 12.4. The molecule has 0 aromatic heterocycles. The number of fused-ring (bicyclic) bond motifs is 1. The SMILES string of the molecule is CCCNC(=O)C1(C)CCN(Cc2ccc(C)c3ccccc23)C1. The van der Waals surface area contributed by atoms with E-state index in [-0.39, 0.29) is 11.3 Å². The molecular formula is C21H28N2O. The second kappa shape index (κ2) is 6.94. The lowest BCUT2D eigenvalue weighted by molar-refractivity contribution is -0.129. The minimum absolute atomic E-state index is 0.209. The topological polar surface area (TPSA) is 32.3 Å². The summed E-state index contributed by atoms with van der Waals surface area (Å²) in [5.41, 5.74) is 2.42. The number of hydrogen-bond acceptors (Lipinski definition) is 2. The van der Waals surface area contributed by atoms with Crippen LogP contribution in [0.5, 0.6) is 0 Å². The van der Waals surface area contributed by atoms with Crippen molar-refractivity contribution in [2.75, 3.05) is 19.6 Å². The highest BCUT2D eigenvalue weighted by Crippen LogP contribution is 2.32. The molecule has 2 aromatic rings. The summed E-state index contributed by atoms with van der Waals surface area (Å²) < 4.78 is 0. The number of likely N-dealkylation sites (tertiary alicyclic amines) is 1. The summed E-state index contributed by atoms with van der Waals surface area (Å²) in [5.74, 6) is 0.209. The predicted molar refractivity (Wildman–Crippen MR) is 100.0 cm³/mol. The van der Waals surface area contributed by atoms with Gasteiger partial charge in [0, 0.05) is 19.6 Å². The van der Waals surface area contributed by atoms with Crippen molar-refractivity contribution >= 4 is 16.7 Å². The van der Waals surface area contributed by atoms with E-state index in [2.05, 4.69) is 67.4 Å². The fourth-order valence-corrected chi connectivity index (χ4v) is 3.72. The monoisotopic (exact) mass is 324 g/mol. The Hall–Kier alpha value is -1.87. The van der Waals surface area contributed by atoms with E-state index in [1.54, 1.807) is 0 Å². The van der Waals surface area contributed by atoms with Crippen LogP contribution in [0.3, 0.4) is 0 Å². The van der Waals surface area contributed by atoms with Gasteiger partial charge in [-0.1, -0.05) is 43.3 Å². The third kappa shape index (κ3) is 3.32. The highest BCUT2D eigenvalue weighted by molar-refractivity contribution is 5.88. The van der Waals surface area contributed by atoms with Crippen molar-refractivity contribution < 1.29 is 4.79 Å². The van der Waals surface area contributed by atoms with Gasteiger partial charge in [-0.25, -0.2) is 0 Å². The largest absolute Gasteiger partial charge is 0.356 e. The smallest absolute Gasteiger partial charge is 0.227 e. The number of aryl methyl sites for hydroxylation is 1. The van der Waals surface area contributed by atoms with Gasteiger partial charge in [-0.05, 0) is 55.1 Å². The quantitative estimate of drug-likeness (QED) is 0.905. The molecule has 2 aromatic carbocycles. The van der Waals surface area contributed by atoms with Crippen LogP contribution < -0.4 is 5.32 Å². The van der Waals surface area contributed by atoms with Crippen molar-refractivity contribution in [3.05, 3.63) is 47.5 Å². The zero-order valence-corrected chi connectivity index (χ0v) is 15.1. The molecule has 3 rings (SSSR count). The van der Waals surface area contributed by atoms with Gasteiger partial charge in [-0.3, -0.25) is 9.69 Å². The van der Waals surface area contributed by atoms with Crippen molar-refractivity contribution in [1.82, 2.24) is 10.2 Å². The highest BCUT2D eigenvalue weighted by atomic mass is 16.2. The maximum absolute atomic E-state index is 12.4. The molecule has 1 unspecified atom stereocenters. The van der Waals surface area contributed by atoms with Crippen LogP contribution in [0, 0.1) is 12.3 Å². The Balaban J connectivity index is 1.74. The molecule has 0 radical (unpaired) electrons. The number of nitrogens with zero attached hydrogens (tertiary/aromatic N) is 1. The van der Waals surface area contributed by atoms with E-state index in [4.69, 9.17) is 0 Å². The first-order chi connectivity index (χ1) is 11.5. The second-order valence-corrected chi connectivity index (χ2v) is 7.36. The fraction of sp³-hybridized carbons (Fsp3) is 0.476. The van der Waals surface area contributed by atoms with Gasteiger partial charge in [0.2, 0.25) is 5.91 Å². The Morgan fingerprint density at radius 1 is 1.21 bits per heavy atom. The number of carbonyl (C=O) groups excluding carboxylic acids is 1. The van der Waals surface area contributed by atoms with Gasteiger partial charge in [0.1, 0.15) is 0 Å². The summed E-state index contributed by atoms with van der Waals surface area (Å²) in [6.07, 6.45) is 1.92. The van der Waals surface area contributed by atoms with Crippen LogP contribution in [-0.4, -0.2) is 30.4 Å². The van der Waals surface area contributed by atoms with Crippen LogP contribution in [0.25, 0.3) is 10.8 Å². The van der Waals surface area contributed by atoms with Crippen LogP contribution in [0.1, 0.15) is 37.8 Å². The molecule has 1 aliphatic rings. The maximum Gasteiger partial charge on any atom is 0.227 e. The lowest BCUT2D eigenvalue weighted by Gasteiger charge is -2.24. The molecule has 0 aliphatic carbocycles. The number of hydrogen-bond donors (Lipinski definition) is 1. The van der Waals surface area contributed by atoms with E-state index >= 15 is 0 Å². The Labute approximate surface area is 145 Å². The molecular weight excluding hydrogens is 296 g/mol. The molecule has 3 nitrogen and oxygen atoms in total. The first kappa shape index (κ1) is 17.0. The van der Waals surface area contributed by atoms with Crippen LogP contribution in [0.15, 0.2) is 36.4 Å². The predicted octanol–water partition coefficient (Wildman–Crippen LogP) is 3.89. The van der Waals surface area contributed by atoms with E-state index in [1.165, 1.54) is 21.9 Å². The van der Waals surface area contributed by atoms with E-state index in [0.717, 1.165) is 39.0 Å². The molecule has 1 fully saturated rings. The Bertz CT molecular complexity index is 740. The lowest BCUT2D eigenvalue weighted by Crippen LogP contribution is -2.41. The van der Waals surface area contributed by atoms with Crippen molar-refractivity contribution in [1.29, 1.82) is 0 Å². The second-order valence-electron chi connectivity index (χ2n) is 7.36. The number of nitrogens with one attached hydrogen (secondary N) is 1. The molecule has 128 valence electrons. The van der Waals surface area contributed by atoms with Gasteiger partial charge >= 0.3 is 0 Å². The minimum atomic E-state index is -0.254. The molecule has 1 heterocycles. The van der Waals surface area contributed by atoms with Gasteiger partial charge in [0.15, 0.2) is 0 Å². The van der Waals surface area contributed by atoms with Gasteiger partial charge in [-0.15, -0.1) is 0 Å². The minimum Gasteiger partial charge on any atom is -0.356 e. The van der Waals surface area contributed by atoms with Crippen molar-refractivity contribution in [2.45, 2.75) is 40.2 Å². The summed E-state index contributed by atoms with van der Waals surface area (Å²) in [6, 6.07) is 13.1. The third-order valence-corrected chi connectivity index (χ3v) is 5.26. The fourth-order valence-electron chi connectivity index (χ4n) is 3.72. The molecule has 0 saturated carbocycles. The summed E-state index contributed by atoms with van der Waals surface area (Å²) in [6.45, 7) is 9.87. The molecule has 0 spiro atoms. The van der Waals surface area contributed by atoms with Crippen molar-refractivity contribution in [2.24, 2.45) is 5.41 Å². The standard InChI is InChI=1S/C21H28N2O/c1-4-12-22-20(24)21(3)11-13-23(15-21)14-17-10-9-16(2)18-7-5-6-8-19(17)18/h5-10H,4,11-15H2,1-3H3,(H,22,24). The highest BCUT2D eigenvalue weighted by Gasteiger charge is 2.39. The van der Waals surface area contributed by atoms with Crippen LogP contribution in [0.2, 0.25) is 0 Å². The number of benzene rings is 2.